The number of thiol groups is 3. The van der Waals surface area contributed by atoms with Crippen LogP contribution in [0.5, 0.6) is 0 Å². The fraction of sp³-hybridized carbons (Fsp3) is 0.500. The highest BCUT2D eigenvalue weighted by Crippen LogP contribution is 2.30. The molecular formula is C12H17S3. The monoisotopic (exact) mass is 257 g/mol. The first-order valence-electron chi connectivity index (χ1n) is 5.03. The van der Waals surface area contributed by atoms with E-state index in [0.29, 0.717) is 0 Å². The number of hydrogen-bond acceptors (Lipinski definition) is 3. The Kier molecular flexibility index (Phi) is 4.94. The van der Waals surface area contributed by atoms with E-state index < -0.39 is 0 Å². The van der Waals surface area contributed by atoms with E-state index in [1.165, 1.54) is 5.56 Å². The molecule has 0 spiro atoms. The van der Waals surface area contributed by atoms with E-state index in [0.717, 1.165) is 11.1 Å². The topological polar surface area (TPSA) is 0 Å². The summed E-state index contributed by atoms with van der Waals surface area (Å²) in [5.41, 5.74) is 3.45. The Morgan fingerprint density at radius 2 is 1.27 bits per heavy atom. The van der Waals surface area contributed by atoms with Crippen molar-refractivity contribution in [2.24, 2.45) is 0 Å². The third-order valence-electron chi connectivity index (χ3n) is 2.32. The molecule has 0 saturated heterocycles. The molecule has 1 rings (SSSR count). The highest BCUT2D eigenvalue weighted by Gasteiger charge is 2.10. The minimum atomic E-state index is 0.197. The lowest BCUT2D eigenvalue weighted by molar-refractivity contribution is 1.01. The summed E-state index contributed by atoms with van der Waals surface area (Å²) in [6.07, 6.45) is 0. The zero-order valence-electron chi connectivity index (χ0n) is 9.23. The SMILES string of the molecule is CC(S)c1[c]c(C(C)S)cc(C(C)S)c1. The molecule has 0 aliphatic rings. The lowest BCUT2D eigenvalue weighted by Gasteiger charge is -2.14. The fourth-order valence-electron chi connectivity index (χ4n) is 1.33. The fourth-order valence-corrected chi connectivity index (χ4v) is 1.76. The summed E-state index contributed by atoms with van der Waals surface area (Å²) in [5, 5.41) is 0.627. The summed E-state index contributed by atoms with van der Waals surface area (Å²) in [6.45, 7) is 6.17. The van der Waals surface area contributed by atoms with Crippen LogP contribution in [0.3, 0.4) is 0 Å². The maximum atomic E-state index is 4.46. The third-order valence-corrected chi connectivity index (χ3v) is 3.17. The molecule has 1 aromatic rings. The van der Waals surface area contributed by atoms with Crippen molar-refractivity contribution in [3.8, 4) is 0 Å². The standard InChI is InChI=1S/C12H17S3/c1-7(13)10-4-11(8(2)14)6-12(5-10)9(3)15/h4-5,7-9,13-15H,1-3H3. The second kappa shape index (κ2) is 5.55. The van der Waals surface area contributed by atoms with Crippen molar-refractivity contribution in [2.75, 3.05) is 0 Å². The minimum absolute atomic E-state index is 0.197. The van der Waals surface area contributed by atoms with Crippen LogP contribution in [-0.2, 0) is 0 Å². The molecule has 1 aromatic carbocycles. The van der Waals surface area contributed by atoms with Crippen LogP contribution in [-0.4, -0.2) is 0 Å². The molecule has 0 bridgehead atoms. The van der Waals surface area contributed by atoms with Gasteiger partial charge in [0.2, 0.25) is 0 Å². The van der Waals surface area contributed by atoms with Crippen molar-refractivity contribution in [2.45, 2.75) is 36.5 Å². The largest absolute Gasteiger partial charge is 0.171 e. The predicted molar refractivity (Wildman–Crippen MR) is 77.5 cm³/mol. The van der Waals surface area contributed by atoms with E-state index in [-0.39, 0.29) is 15.7 Å². The zero-order chi connectivity index (χ0) is 11.6. The van der Waals surface area contributed by atoms with Gasteiger partial charge in [-0.2, -0.15) is 37.9 Å². The average Bonchev–Trinajstić information content (AvgIpc) is 2.16. The van der Waals surface area contributed by atoms with Crippen molar-refractivity contribution in [3.05, 3.63) is 34.9 Å². The molecule has 0 fully saturated rings. The van der Waals surface area contributed by atoms with Gasteiger partial charge in [0.1, 0.15) is 0 Å². The van der Waals surface area contributed by atoms with E-state index >= 15 is 0 Å². The van der Waals surface area contributed by atoms with Crippen molar-refractivity contribution in [1.82, 2.24) is 0 Å². The maximum Gasteiger partial charge on any atom is 0.0245 e. The highest BCUT2D eigenvalue weighted by atomic mass is 32.1. The molecule has 0 aliphatic heterocycles. The quantitative estimate of drug-likeness (QED) is 0.654. The summed E-state index contributed by atoms with van der Waals surface area (Å²) in [6, 6.07) is 7.59. The molecule has 0 heterocycles. The van der Waals surface area contributed by atoms with Gasteiger partial charge in [0.05, 0.1) is 0 Å². The molecule has 0 aromatic heterocycles. The first-order valence-corrected chi connectivity index (χ1v) is 6.58. The van der Waals surface area contributed by atoms with Crippen LogP contribution in [0.1, 0.15) is 53.2 Å². The van der Waals surface area contributed by atoms with Crippen LogP contribution in [0.2, 0.25) is 0 Å². The van der Waals surface area contributed by atoms with E-state index in [2.05, 4.69) is 76.9 Å². The maximum absolute atomic E-state index is 4.46. The molecule has 15 heavy (non-hydrogen) atoms. The first-order chi connectivity index (χ1) is 6.91. The zero-order valence-corrected chi connectivity index (χ0v) is 11.9. The minimum Gasteiger partial charge on any atom is -0.171 e. The molecule has 0 amide bonds. The Balaban J connectivity index is 3.20. The molecule has 3 unspecified atom stereocenters. The van der Waals surface area contributed by atoms with Crippen molar-refractivity contribution in [1.29, 1.82) is 0 Å². The van der Waals surface area contributed by atoms with Gasteiger partial charge in [-0.25, -0.2) is 0 Å². The number of rotatable bonds is 3. The molecule has 0 saturated carbocycles. The van der Waals surface area contributed by atoms with Crippen LogP contribution in [0.25, 0.3) is 0 Å². The third kappa shape index (κ3) is 3.65. The smallest absolute Gasteiger partial charge is 0.0245 e. The predicted octanol–water partition coefficient (Wildman–Crippen LogP) is 4.46. The molecular weight excluding hydrogens is 240 g/mol. The molecule has 0 aliphatic carbocycles. The van der Waals surface area contributed by atoms with Gasteiger partial charge in [0, 0.05) is 15.7 Å². The molecule has 0 nitrogen and oxygen atoms in total. The van der Waals surface area contributed by atoms with Gasteiger partial charge in [-0.3, -0.25) is 0 Å². The van der Waals surface area contributed by atoms with E-state index in [1.807, 2.05) is 0 Å². The normalized spacial score (nSPS) is 17.2. The second-order valence-electron chi connectivity index (χ2n) is 3.85. The summed E-state index contributed by atoms with van der Waals surface area (Å²) in [7, 11) is 0. The second-order valence-corrected chi connectivity index (χ2v) is 6.18. The molecule has 3 heteroatoms. The van der Waals surface area contributed by atoms with E-state index in [4.69, 9.17) is 0 Å². The van der Waals surface area contributed by atoms with Gasteiger partial charge in [0.15, 0.2) is 0 Å². The van der Waals surface area contributed by atoms with Crippen molar-refractivity contribution < 1.29 is 0 Å². The molecule has 83 valence electrons. The van der Waals surface area contributed by atoms with Gasteiger partial charge in [0.25, 0.3) is 0 Å². The van der Waals surface area contributed by atoms with Crippen LogP contribution in [0, 0.1) is 6.07 Å². The van der Waals surface area contributed by atoms with Gasteiger partial charge in [-0.05, 0) is 43.5 Å². The summed E-state index contributed by atoms with van der Waals surface area (Å²) in [5.74, 6) is 0. The van der Waals surface area contributed by atoms with Crippen LogP contribution >= 0.6 is 37.9 Å². The summed E-state index contributed by atoms with van der Waals surface area (Å²) >= 11 is 13.3. The average molecular weight is 257 g/mol. The van der Waals surface area contributed by atoms with E-state index in [1.54, 1.807) is 0 Å². The summed E-state index contributed by atoms with van der Waals surface area (Å²) < 4.78 is 0. The Morgan fingerprint density at radius 1 is 0.867 bits per heavy atom. The lowest BCUT2D eigenvalue weighted by Crippen LogP contribution is -1.96. The highest BCUT2D eigenvalue weighted by molar-refractivity contribution is 7.80. The lowest BCUT2D eigenvalue weighted by atomic mass is 10.0. The van der Waals surface area contributed by atoms with Crippen LogP contribution in [0.4, 0.5) is 0 Å². The van der Waals surface area contributed by atoms with Gasteiger partial charge >= 0.3 is 0 Å². The molecule has 0 N–H and O–H groups in total. The Bertz CT molecular complexity index is 265. The van der Waals surface area contributed by atoms with Gasteiger partial charge < -0.3 is 0 Å². The number of benzene rings is 1. The van der Waals surface area contributed by atoms with Gasteiger partial charge in [-0.15, -0.1) is 0 Å². The number of hydrogen-bond donors (Lipinski definition) is 3. The van der Waals surface area contributed by atoms with Crippen molar-refractivity contribution in [3.63, 3.8) is 0 Å². The molecule has 3 atom stereocenters. The van der Waals surface area contributed by atoms with Crippen LogP contribution in [0.15, 0.2) is 12.1 Å². The Labute approximate surface area is 109 Å². The van der Waals surface area contributed by atoms with E-state index in [9.17, 15) is 0 Å². The van der Waals surface area contributed by atoms with Crippen molar-refractivity contribution >= 4 is 37.9 Å². The molecule has 1 radical (unpaired) electrons. The van der Waals surface area contributed by atoms with Gasteiger partial charge in [-0.1, -0.05) is 12.1 Å². The summed E-state index contributed by atoms with van der Waals surface area (Å²) in [4.78, 5) is 0. The first kappa shape index (κ1) is 13.3. The Hall–Kier alpha value is 0.270. The van der Waals surface area contributed by atoms with Crippen LogP contribution < -0.4 is 0 Å². The Morgan fingerprint density at radius 3 is 1.53 bits per heavy atom.